The van der Waals surface area contributed by atoms with Crippen molar-refractivity contribution in [2.24, 2.45) is 11.7 Å². The van der Waals surface area contributed by atoms with Gasteiger partial charge in [0.15, 0.2) is 0 Å². The van der Waals surface area contributed by atoms with E-state index < -0.39 is 5.82 Å². The second-order valence-corrected chi connectivity index (χ2v) is 5.16. The van der Waals surface area contributed by atoms with Crippen LogP contribution in [0.2, 0.25) is 0 Å². The van der Waals surface area contributed by atoms with Crippen LogP contribution in [0.5, 0.6) is 0 Å². The van der Waals surface area contributed by atoms with Gasteiger partial charge in [-0.15, -0.1) is 0 Å². The van der Waals surface area contributed by atoms with E-state index in [2.05, 4.69) is 11.8 Å². The van der Waals surface area contributed by atoms with Gasteiger partial charge in [0, 0.05) is 18.7 Å². The minimum absolute atomic E-state index is 0.219. The summed E-state index contributed by atoms with van der Waals surface area (Å²) in [7, 11) is 0. The van der Waals surface area contributed by atoms with Gasteiger partial charge in [-0.1, -0.05) is 6.92 Å². The Hall–Kier alpha value is -1.00. The lowest BCUT2D eigenvalue weighted by atomic mass is 9.96. The van der Waals surface area contributed by atoms with Gasteiger partial charge in [0.1, 0.15) is 11.6 Å². The maximum absolute atomic E-state index is 13.8. The number of piperidine rings is 1. The van der Waals surface area contributed by atoms with E-state index in [9.17, 15) is 8.78 Å². The Balaban J connectivity index is 2.24. The fourth-order valence-corrected chi connectivity index (χ4v) is 2.75. The zero-order valence-corrected chi connectivity index (χ0v) is 10.7. The minimum Gasteiger partial charge on any atom is -0.329 e. The van der Waals surface area contributed by atoms with Crippen molar-refractivity contribution in [3.05, 3.63) is 35.4 Å². The molecule has 2 rings (SSSR count). The van der Waals surface area contributed by atoms with Gasteiger partial charge in [-0.05, 0) is 43.5 Å². The number of nitrogens with zero attached hydrogens (tertiary/aromatic N) is 1. The van der Waals surface area contributed by atoms with Gasteiger partial charge in [0.05, 0.1) is 6.04 Å². The van der Waals surface area contributed by atoms with Crippen molar-refractivity contribution in [1.29, 1.82) is 0 Å². The van der Waals surface area contributed by atoms with Crippen molar-refractivity contribution in [2.45, 2.75) is 25.8 Å². The molecule has 0 spiro atoms. The van der Waals surface area contributed by atoms with E-state index in [-0.39, 0.29) is 11.9 Å². The molecule has 0 saturated carbocycles. The lowest BCUT2D eigenvalue weighted by molar-refractivity contribution is 0.130. The van der Waals surface area contributed by atoms with Gasteiger partial charge in [-0.25, -0.2) is 8.78 Å². The molecular weight excluding hydrogens is 234 g/mol. The normalized spacial score (nSPS) is 23.0. The van der Waals surface area contributed by atoms with Crippen LogP contribution in [-0.2, 0) is 0 Å². The summed E-state index contributed by atoms with van der Waals surface area (Å²) >= 11 is 0. The van der Waals surface area contributed by atoms with Crippen LogP contribution in [0.4, 0.5) is 8.78 Å². The zero-order valence-electron chi connectivity index (χ0n) is 10.7. The number of halogens is 2. The highest BCUT2D eigenvalue weighted by Gasteiger charge is 2.26. The first-order chi connectivity index (χ1) is 8.61. The smallest absolute Gasteiger partial charge is 0.128 e. The molecule has 0 amide bonds. The summed E-state index contributed by atoms with van der Waals surface area (Å²) in [5, 5.41) is 0. The van der Waals surface area contributed by atoms with Gasteiger partial charge in [-0.2, -0.15) is 0 Å². The summed E-state index contributed by atoms with van der Waals surface area (Å²) in [5.74, 6) is -0.190. The summed E-state index contributed by atoms with van der Waals surface area (Å²) < 4.78 is 27.1. The molecule has 2 nitrogen and oxygen atoms in total. The third kappa shape index (κ3) is 2.87. The van der Waals surface area contributed by atoms with Gasteiger partial charge >= 0.3 is 0 Å². The van der Waals surface area contributed by atoms with Crippen LogP contribution in [-0.4, -0.2) is 24.5 Å². The summed E-state index contributed by atoms with van der Waals surface area (Å²) in [6.07, 6.45) is 2.29. The number of likely N-dealkylation sites (tertiary alicyclic amines) is 1. The Kier molecular flexibility index (Phi) is 4.30. The first-order valence-corrected chi connectivity index (χ1v) is 6.51. The Morgan fingerprint density at radius 1 is 1.44 bits per heavy atom. The monoisotopic (exact) mass is 254 g/mol. The van der Waals surface area contributed by atoms with Crippen molar-refractivity contribution in [1.82, 2.24) is 4.90 Å². The largest absolute Gasteiger partial charge is 0.329 e. The van der Waals surface area contributed by atoms with Gasteiger partial charge in [0.2, 0.25) is 0 Å². The Labute approximate surface area is 107 Å². The second kappa shape index (κ2) is 5.76. The zero-order chi connectivity index (χ0) is 13.1. The van der Waals surface area contributed by atoms with Crippen LogP contribution < -0.4 is 5.73 Å². The lowest BCUT2D eigenvalue weighted by Crippen LogP contribution is -2.40. The van der Waals surface area contributed by atoms with E-state index in [1.165, 1.54) is 18.6 Å². The molecule has 1 aromatic rings. The highest BCUT2D eigenvalue weighted by atomic mass is 19.1. The molecule has 1 fully saturated rings. The topological polar surface area (TPSA) is 29.3 Å². The predicted octanol–water partition coefficient (Wildman–Crippen LogP) is 2.70. The van der Waals surface area contributed by atoms with E-state index >= 15 is 0 Å². The molecule has 0 radical (unpaired) electrons. The predicted molar refractivity (Wildman–Crippen MR) is 68.1 cm³/mol. The standard InChI is InChI=1S/C14H20F2N2/c1-10-3-2-6-18(9-10)14(8-17)12-7-11(15)4-5-13(12)16/h4-5,7,10,14H,2-3,6,8-9,17H2,1H3. The molecule has 1 aliphatic heterocycles. The fourth-order valence-electron chi connectivity index (χ4n) is 2.75. The molecule has 0 aliphatic carbocycles. The maximum atomic E-state index is 13.8. The molecule has 2 N–H and O–H groups in total. The van der Waals surface area contributed by atoms with Gasteiger partial charge in [0.25, 0.3) is 0 Å². The molecule has 100 valence electrons. The number of hydrogen-bond donors (Lipinski definition) is 1. The molecular formula is C14H20F2N2. The summed E-state index contributed by atoms with van der Waals surface area (Å²) in [6.45, 7) is 4.30. The van der Waals surface area contributed by atoms with E-state index in [0.717, 1.165) is 25.6 Å². The number of benzene rings is 1. The van der Waals surface area contributed by atoms with Crippen molar-refractivity contribution in [2.75, 3.05) is 19.6 Å². The van der Waals surface area contributed by atoms with Crippen LogP contribution in [0.25, 0.3) is 0 Å². The highest BCUT2D eigenvalue weighted by Crippen LogP contribution is 2.28. The Morgan fingerprint density at radius 2 is 2.22 bits per heavy atom. The fraction of sp³-hybridized carbons (Fsp3) is 0.571. The van der Waals surface area contributed by atoms with Gasteiger partial charge in [-0.3, -0.25) is 4.90 Å². The van der Waals surface area contributed by atoms with E-state index in [0.29, 0.717) is 18.0 Å². The first kappa shape index (κ1) is 13.4. The molecule has 18 heavy (non-hydrogen) atoms. The summed E-state index contributed by atoms with van der Waals surface area (Å²) in [4.78, 5) is 2.17. The number of hydrogen-bond acceptors (Lipinski definition) is 2. The first-order valence-electron chi connectivity index (χ1n) is 6.51. The van der Waals surface area contributed by atoms with Crippen LogP contribution in [0.3, 0.4) is 0 Å². The molecule has 0 aromatic heterocycles. The Morgan fingerprint density at radius 3 is 2.89 bits per heavy atom. The number of nitrogens with two attached hydrogens (primary N) is 1. The highest BCUT2D eigenvalue weighted by molar-refractivity contribution is 5.23. The number of rotatable bonds is 3. The molecule has 1 saturated heterocycles. The van der Waals surface area contributed by atoms with E-state index in [1.807, 2.05) is 0 Å². The van der Waals surface area contributed by atoms with Crippen LogP contribution in [0, 0.1) is 17.6 Å². The molecule has 2 unspecified atom stereocenters. The molecule has 2 atom stereocenters. The van der Waals surface area contributed by atoms with Crippen LogP contribution >= 0.6 is 0 Å². The van der Waals surface area contributed by atoms with Crippen LogP contribution in [0.1, 0.15) is 31.4 Å². The van der Waals surface area contributed by atoms with E-state index in [4.69, 9.17) is 5.73 Å². The molecule has 4 heteroatoms. The van der Waals surface area contributed by atoms with E-state index in [1.54, 1.807) is 0 Å². The minimum atomic E-state index is -0.407. The average Bonchev–Trinajstić information content (AvgIpc) is 2.35. The maximum Gasteiger partial charge on any atom is 0.128 e. The average molecular weight is 254 g/mol. The van der Waals surface area contributed by atoms with Crippen molar-refractivity contribution < 1.29 is 8.78 Å². The molecule has 1 aromatic carbocycles. The quantitative estimate of drug-likeness (QED) is 0.898. The van der Waals surface area contributed by atoms with Crippen molar-refractivity contribution in [3.8, 4) is 0 Å². The second-order valence-electron chi connectivity index (χ2n) is 5.16. The molecule has 0 bridgehead atoms. The SMILES string of the molecule is CC1CCCN(C(CN)c2cc(F)ccc2F)C1. The molecule has 1 heterocycles. The molecule has 1 aliphatic rings. The van der Waals surface area contributed by atoms with Crippen molar-refractivity contribution >= 4 is 0 Å². The van der Waals surface area contributed by atoms with Gasteiger partial charge < -0.3 is 5.73 Å². The Bertz CT molecular complexity index is 409. The summed E-state index contributed by atoms with van der Waals surface area (Å²) in [5.41, 5.74) is 6.15. The van der Waals surface area contributed by atoms with Crippen LogP contribution in [0.15, 0.2) is 18.2 Å². The summed E-state index contributed by atoms with van der Waals surface area (Å²) in [6, 6.07) is 3.38. The lowest BCUT2D eigenvalue weighted by Gasteiger charge is -2.37. The van der Waals surface area contributed by atoms with Crippen molar-refractivity contribution in [3.63, 3.8) is 0 Å². The third-order valence-corrected chi connectivity index (χ3v) is 3.67. The third-order valence-electron chi connectivity index (χ3n) is 3.67.